The Morgan fingerprint density at radius 1 is 1.17 bits per heavy atom. The van der Waals surface area contributed by atoms with Gasteiger partial charge in [0.25, 0.3) is 5.91 Å². The molecule has 4 heteroatoms. The predicted molar refractivity (Wildman–Crippen MR) is 69.1 cm³/mol. The third-order valence-corrected chi connectivity index (χ3v) is 2.68. The second-order valence-corrected chi connectivity index (χ2v) is 4.05. The second kappa shape index (κ2) is 6.02. The Kier molecular flexibility index (Phi) is 4.15. The zero-order chi connectivity index (χ0) is 12.8. The lowest BCUT2D eigenvalue weighted by Crippen LogP contribution is -2.22. The van der Waals surface area contributed by atoms with E-state index in [1.807, 2.05) is 30.3 Å². The van der Waals surface area contributed by atoms with Gasteiger partial charge in [-0.25, -0.2) is 0 Å². The largest absolute Gasteiger partial charge is 0.472 e. The van der Waals surface area contributed by atoms with E-state index in [-0.39, 0.29) is 5.91 Å². The molecule has 0 aliphatic heterocycles. The standard InChI is InChI=1S/C14H16N2O2/c15-7-5-11-1-3-13(4-2-11)14(17)16-9-12-6-8-18-10-12/h1-4,6,8,10H,5,7,9,15H2,(H,16,17). The summed E-state index contributed by atoms with van der Waals surface area (Å²) in [5.41, 5.74) is 8.21. The summed E-state index contributed by atoms with van der Waals surface area (Å²) in [6, 6.07) is 9.31. The molecular weight excluding hydrogens is 228 g/mol. The highest BCUT2D eigenvalue weighted by Gasteiger charge is 2.05. The Morgan fingerprint density at radius 2 is 1.94 bits per heavy atom. The minimum atomic E-state index is -0.0875. The van der Waals surface area contributed by atoms with Crippen molar-refractivity contribution in [1.82, 2.24) is 5.32 Å². The van der Waals surface area contributed by atoms with E-state index in [0.29, 0.717) is 18.7 Å². The maximum absolute atomic E-state index is 11.8. The highest BCUT2D eigenvalue weighted by molar-refractivity contribution is 5.94. The van der Waals surface area contributed by atoms with Crippen LogP contribution in [0.4, 0.5) is 0 Å². The molecule has 0 aliphatic rings. The monoisotopic (exact) mass is 244 g/mol. The molecule has 2 aromatic rings. The molecule has 1 aromatic heterocycles. The number of hydrogen-bond acceptors (Lipinski definition) is 3. The number of carbonyl (C=O) groups is 1. The normalized spacial score (nSPS) is 10.3. The summed E-state index contributed by atoms with van der Waals surface area (Å²) >= 11 is 0. The van der Waals surface area contributed by atoms with Crippen molar-refractivity contribution >= 4 is 5.91 Å². The highest BCUT2D eigenvalue weighted by atomic mass is 16.3. The lowest BCUT2D eigenvalue weighted by molar-refractivity contribution is 0.0951. The summed E-state index contributed by atoms with van der Waals surface area (Å²) in [4.78, 5) is 11.8. The average Bonchev–Trinajstić information content (AvgIpc) is 2.90. The first-order valence-corrected chi connectivity index (χ1v) is 5.88. The molecule has 0 spiro atoms. The zero-order valence-electron chi connectivity index (χ0n) is 10.1. The summed E-state index contributed by atoms with van der Waals surface area (Å²) in [7, 11) is 0. The minimum absolute atomic E-state index is 0.0875. The van der Waals surface area contributed by atoms with Gasteiger partial charge >= 0.3 is 0 Å². The SMILES string of the molecule is NCCc1ccc(C(=O)NCc2ccoc2)cc1. The smallest absolute Gasteiger partial charge is 0.251 e. The summed E-state index contributed by atoms with van der Waals surface area (Å²) in [6.45, 7) is 1.09. The number of hydrogen-bond donors (Lipinski definition) is 2. The molecule has 1 heterocycles. The van der Waals surface area contributed by atoms with E-state index in [1.165, 1.54) is 0 Å². The fourth-order valence-electron chi connectivity index (χ4n) is 1.67. The molecule has 0 radical (unpaired) electrons. The van der Waals surface area contributed by atoms with Crippen LogP contribution in [0.1, 0.15) is 21.5 Å². The third-order valence-electron chi connectivity index (χ3n) is 2.68. The van der Waals surface area contributed by atoms with Gasteiger partial charge in [-0.15, -0.1) is 0 Å². The molecule has 1 aromatic carbocycles. The molecule has 1 amide bonds. The fourth-order valence-corrected chi connectivity index (χ4v) is 1.67. The lowest BCUT2D eigenvalue weighted by Gasteiger charge is -2.04. The van der Waals surface area contributed by atoms with Gasteiger partial charge in [0.05, 0.1) is 12.5 Å². The first-order valence-electron chi connectivity index (χ1n) is 5.88. The molecule has 0 aliphatic carbocycles. The van der Waals surface area contributed by atoms with Crippen molar-refractivity contribution in [2.45, 2.75) is 13.0 Å². The summed E-state index contributed by atoms with van der Waals surface area (Å²) < 4.78 is 4.93. The maximum Gasteiger partial charge on any atom is 0.251 e. The van der Waals surface area contributed by atoms with Crippen molar-refractivity contribution in [3.63, 3.8) is 0 Å². The average molecular weight is 244 g/mol. The van der Waals surface area contributed by atoms with Gasteiger partial charge < -0.3 is 15.5 Å². The van der Waals surface area contributed by atoms with Crippen LogP contribution in [-0.4, -0.2) is 12.5 Å². The molecule has 0 fully saturated rings. The van der Waals surface area contributed by atoms with Crippen LogP contribution >= 0.6 is 0 Å². The number of carbonyl (C=O) groups excluding carboxylic acids is 1. The highest BCUT2D eigenvalue weighted by Crippen LogP contribution is 2.06. The quantitative estimate of drug-likeness (QED) is 0.841. The molecule has 3 N–H and O–H groups in total. The number of nitrogens with one attached hydrogen (secondary N) is 1. The lowest BCUT2D eigenvalue weighted by atomic mass is 10.1. The van der Waals surface area contributed by atoms with Crippen molar-refractivity contribution in [2.75, 3.05) is 6.54 Å². The number of rotatable bonds is 5. The second-order valence-electron chi connectivity index (χ2n) is 4.05. The van der Waals surface area contributed by atoms with Gasteiger partial charge in [-0.2, -0.15) is 0 Å². The van der Waals surface area contributed by atoms with Crippen LogP contribution in [0.2, 0.25) is 0 Å². The van der Waals surface area contributed by atoms with Gasteiger partial charge in [0.2, 0.25) is 0 Å². The van der Waals surface area contributed by atoms with E-state index in [2.05, 4.69) is 5.32 Å². The maximum atomic E-state index is 11.8. The molecule has 18 heavy (non-hydrogen) atoms. The number of furan rings is 1. The number of benzene rings is 1. The molecule has 0 unspecified atom stereocenters. The van der Waals surface area contributed by atoms with Gasteiger partial charge in [-0.3, -0.25) is 4.79 Å². The van der Waals surface area contributed by atoms with E-state index in [0.717, 1.165) is 17.5 Å². The molecule has 0 saturated carbocycles. The Hall–Kier alpha value is -2.07. The van der Waals surface area contributed by atoms with E-state index in [4.69, 9.17) is 10.2 Å². The molecule has 0 saturated heterocycles. The Morgan fingerprint density at radius 3 is 2.56 bits per heavy atom. The van der Waals surface area contributed by atoms with Gasteiger partial charge in [0.15, 0.2) is 0 Å². The summed E-state index contributed by atoms with van der Waals surface area (Å²) in [5, 5.41) is 2.83. The van der Waals surface area contributed by atoms with Crippen LogP contribution in [0.15, 0.2) is 47.3 Å². The van der Waals surface area contributed by atoms with Crippen LogP contribution < -0.4 is 11.1 Å². The zero-order valence-corrected chi connectivity index (χ0v) is 10.1. The third kappa shape index (κ3) is 3.21. The Balaban J connectivity index is 1.92. The van der Waals surface area contributed by atoms with Crippen molar-refractivity contribution in [2.24, 2.45) is 5.73 Å². The van der Waals surface area contributed by atoms with Crippen molar-refractivity contribution in [3.05, 3.63) is 59.5 Å². The first kappa shape index (κ1) is 12.4. The van der Waals surface area contributed by atoms with E-state index < -0.39 is 0 Å². The van der Waals surface area contributed by atoms with Gasteiger partial charge in [0.1, 0.15) is 0 Å². The Labute approximate surface area is 106 Å². The van der Waals surface area contributed by atoms with E-state index >= 15 is 0 Å². The van der Waals surface area contributed by atoms with Gasteiger partial charge in [-0.1, -0.05) is 12.1 Å². The van der Waals surface area contributed by atoms with Crippen LogP contribution in [0.5, 0.6) is 0 Å². The summed E-state index contributed by atoms with van der Waals surface area (Å²) in [5.74, 6) is -0.0875. The molecular formula is C14H16N2O2. The molecule has 4 nitrogen and oxygen atoms in total. The van der Waals surface area contributed by atoms with Gasteiger partial charge in [-0.05, 0) is 36.7 Å². The predicted octanol–water partition coefficient (Wildman–Crippen LogP) is 1.71. The molecule has 2 rings (SSSR count). The van der Waals surface area contributed by atoms with E-state index in [1.54, 1.807) is 12.5 Å². The first-order chi connectivity index (χ1) is 8.79. The number of amides is 1. The summed E-state index contributed by atoms with van der Waals surface area (Å²) in [6.07, 6.45) is 4.03. The van der Waals surface area contributed by atoms with Crippen molar-refractivity contribution in [1.29, 1.82) is 0 Å². The molecule has 0 bridgehead atoms. The number of nitrogens with two attached hydrogens (primary N) is 1. The van der Waals surface area contributed by atoms with E-state index in [9.17, 15) is 4.79 Å². The minimum Gasteiger partial charge on any atom is -0.472 e. The van der Waals surface area contributed by atoms with Crippen molar-refractivity contribution in [3.8, 4) is 0 Å². The molecule has 94 valence electrons. The van der Waals surface area contributed by atoms with Gasteiger partial charge in [0, 0.05) is 17.7 Å². The van der Waals surface area contributed by atoms with Crippen LogP contribution in [-0.2, 0) is 13.0 Å². The van der Waals surface area contributed by atoms with Crippen LogP contribution in [0, 0.1) is 0 Å². The van der Waals surface area contributed by atoms with Crippen LogP contribution in [0.3, 0.4) is 0 Å². The Bertz CT molecular complexity index is 489. The van der Waals surface area contributed by atoms with Crippen molar-refractivity contribution < 1.29 is 9.21 Å². The topological polar surface area (TPSA) is 68.3 Å². The van der Waals surface area contributed by atoms with Crippen LogP contribution in [0.25, 0.3) is 0 Å². The molecule has 0 atom stereocenters. The fraction of sp³-hybridized carbons (Fsp3) is 0.214.